The molecule has 0 unspecified atom stereocenters. The minimum atomic E-state index is -2.05. The van der Waals surface area contributed by atoms with Gasteiger partial charge in [0.2, 0.25) is 29.0 Å². The summed E-state index contributed by atoms with van der Waals surface area (Å²) in [6, 6.07) is 20.9. The van der Waals surface area contributed by atoms with Crippen LogP contribution in [0.25, 0.3) is 0 Å². The molecule has 1 spiro atoms. The summed E-state index contributed by atoms with van der Waals surface area (Å²) in [5.74, 6) is -3.69. The van der Waals surface area contributed by atoms with Crippen LogP contribution in [0, 0.1) is 18.8 Å². The van der Waals surface area contributed by atoms with E-state index in [1.54, 1.807) is 55.6 Å². The molecule has 0 saturated carbocycles. The van der Waals surface area contributed by atoms with Crippen LogP contribution in [0.4, 0.5) is 0 Å². The highest BCUT2D eigenvalue weighted by atomic mass is 16.5. The lowest BCUT2D eigenvalue weighted by atomic mass is 9.77. The van der Waals surface area contributed by atoms with Gasteiger partial charge in [-0.2, -0.15) is 0 Å². The van der Waals surface area contributed by atoms with Crippen LogP contribution in [0.15, 0.2) is 72.8 Å². The summed E-state index contributed by atoms with van der Waals surface area (Å²) in [4.78, 5) is 56.3. The molecule has 7 heteroatoms. The van der Waals surface area contributed by atoms with Crippen molar-refractivity contribution >= 4 is 23.4 Å². The Hall–Kier alpha value is -4.10. The van der Waals surface area contributed by atoms with Gasteiger partial charge < -0.3 is 9.47 Å². The van der Waals surface area contributed by atoms with Gasteiger partial charge in [0, 0.05) is 11.1 Å². The highest BCUT2D eigenvalue weighted by molar-refractivity contribution is 6.35. The minimum absolute atomic E-state index is 0.0285. The first-order valence-corrected chi connectivity index (χ1v) is 11.8. The summed E-state index contributed by atoms with van der Waals surface area (Å²) >= 11 is 0. The van der Waals surface area contributed by atoms with E-state index in [0.29, 0.717) is 11.3 Å². The van der Waals surface area contributed by atoms with Crippen molar-refractivity contribution in [2.75, 3.05) is 7.11 Å². The maximum Gasteiger partial charge on any atom is 0.237 e. The summed E-state index contributed by atoms with van der Waals surface area (Å²) < 4.78 is 11.5. The number of ketones is 2. The Morgan fingerprint density at radius 2 is 1.44 bits per heavy atom. The Labute approximate surface area is 207 Å². The SMILES string of the molecule is COc1ccc(CN2C(=O)[C@H]3[C@@H](C2=O)C2(O[C@H]3c3ccc(C)cc3)C(=O)c3ccccc3C2=O)cc1. The number of nitrogens with zero attached hydrogens (tertiary/aromatic N) is 1. The van der Waals surface area contributed by atoms with Crippen LogP contribution in [0.1, 0.15) is 43.5 Å². The van der Waals surface area contributed by atoms with Crippen LogP contribution >= 0.6 is 0 Å². The first kappa shape index (κ1) is 22.4. The van der Waals surface area contributed by atoms with Crippen LogP contribution in [-0.4, -0.2) is 41.0 Å². The predicted octanol–water partition coefficient (Wildman–Crippen LogP) is 3.69. The molecule has 2 fully saturated rings. The Morgan fingerprint density at radius 3 is 2.03 bits per heavy atom. The van der Waals surface area contributed by atoms with Crippen LogP contribution in [0.3, 0.4) is 0 Å². The molecule has 2 heterocycles. The summed E-state index contributed by atoms with van der Waals surface area (Å²) in [5.41, 5.74) is 0.784. The van der Waals surface area contributed by atoms with Gasteiger partial charge in [0.05, 0.1) is 31.6 Å². The molecular formula is C29H23NO6. The number of benzene rings is 3. The van der Waals surface area contributed by atoms with Gasteiger partial charge in [0.1, 0.15) is 5.75 Å². The normalized spacial score (nSPS) is 23.9. The fraction of sp³-hybridized carbons (Fsp3) is 0.241. The van der Waals surface area contributed by atoms with Gasteiger partial charge in [-0.1, -0.05) is 66.2 Å². The van der Waals surface area contributed by atoms with Crippen molar-refractivity contribution in [3.8, 4) is 5.75 Å². The smallest absolute Gasteiger partial charge is 0.237 e. The molecule has 3 aromatic rings. The molecule has 36 heavy (non-hydrogen) atoms. The second-order valence-corrected chi connectivity index (χ2v) is 9.50. The van der Waals surface area contributed by atoms with E-state index in [1.165, 1.54) is 0 Å². The van der Waals surface area contributed by atoms with E-state index in [-0.39, 0.29) is 17.7 Å². The zero-order valence-corrected chi connectivity index (χ0v) is 19.8. The average Bonchev–Trinajstić information content (AvgIpc) is 3.46. The van der Waals surface area contributed by atoms with Gasteiger partial charge in [0.15, 0.2) is 0 Å². The number of likely N-dealkylation sites (tertiary alicyclic amines) is 1. The first-order chi connectivity index (χ1) is 17.4. The van der Waals surface area contributed by atoms with E-state index in [2.05, 4.69) is 0 Å². The van der Waals surface area contributed by atoms with Crippen LogP contribution in [0.2, 0.25) is 0 Å². The average molecular weight is 482 g/mol. The van der Waals surface area contributed by atoms with Crippen molar-refractivity contribution in [2.45, 2.75) is 25.2 Å². The molecule has 0 radical (unpaired) electrons. The number of imide groups is 1. The zero-order chi connectivity index (χ0) is 25.2. The highest BCUT2D eigenvalue weighted by Gasteiger charge is 2.74. The highest BCUT2D eigenvalue weighted by Crippen LogP contribution is 2.57. The number of ether oxygens (including phenoxy) is 2. The van der Waals surface area contributed by atoms with Crippen LogP contribution < -0.4 is 4.74 Å². The minimum Gasteiger partial charge on any atom is -0.497 e. The standard InChI is InChI=1S/C29H23NO6/c1-16-7-11-18(12-8-16)24-22-23(29(36-24)25(31)20-5-3-4-6-21(20)26(29)32)28(34)30(27(22)33)15-17-9-13-19(35-2)14-10-17/h3-14,22-24H,15H2,1-2H3/t22-,23-,24-/m0/s1. The van der Waals surface area contributed by atoms with E-state index in [0.717, 1.165) is 16.0 Å². The number of Topliss-reactive ketones (excluding diaryl/α,β-unsaturated/α-hetero) is 2. The predicted molar refractivity (Wildman–Crippen MR) is 128 cm³/mol. The van der Waals surface area contributed by atoms with Gasteiger partial charge >= 0.3 is 0 Å². The van der Waals surface area contributed by atoms with E-state index >= 15 is 0 Å². The van der Waals surface area contributed by atoms with Crippen molar-refractivity contribution in [1.82, 2.24) is 4.90 Å². The van der Waals surface area contributed by atoms with Gasteiger partial charge in [-0.15, -0.1) is 0 Å². The van der Waals surface area contributed by atoms with Gasteiger partial charge in [-0.05, 0) is 30.2 Å². The van der Waals surface area contributed by atoms with Crippen molar-refractivity contribution in [3.63, 3.8) is 0 Å². The van der Waals surface area contributed by atoms with Crippen LogP contribution in [0.5, 0.6) is 5.75 Å². The zero-order valence-electron chi connectivity index (χ0n) is 19.8. The lowest BCUT2D eigenvalue weighted by Gasteiger charge is -2.27. The molecule has 2 saturated heterocycles. The largest absolute Gasteiger partial charge is 0.497 e. The number of hydrogen-bond acceptors (Lipinski definition) is 6. The molecular weight excluding hydrogens is 458 g/mol. The number of amides is 2. The Bertz CT molecular complexity index is 1390. The van der Waals surface area contributed by atoms with Gasteiger partial charge in [-0.25, -0.2) is 0 Å². The topological polar surface area (TPSA) is 90.0 Å². The third-order valence-corrected chi connectivity index (χ3v) is 7.52. The molecule has 2 amide bonds. The third kappa shape index (κ3) is 2.96. The fourth-order valence-electron chi connectivity index (χ4n) is 5.70. The molecule has 0 N–H and O–H groups in total. The second-order valence-electron chi connectivity index (χ2n) is 9.50. The number of carbonyl (C=O) groups excluding carboxylic acids is 4. The number of aryl methyl sites for hydroxylation is 1. The van der Waals surface area contributed by atoms with Crippen LogP contribution in [-0.2, 0) is 20.9 Å². The number of methoxy groups -OCH3 is 1. The summed E-state index contributed by atoms with van der Waals surface area (Å²) in [7, 11) is 1.56. The second kappa shape index (κ2) is 7.96. The molecule has 0 bridgehead atoms. The maximum absolute atomic E-state index is 13.9. The maximum atomic E-state index is 13.9. The van der Waals surface area contributed by atoms with E-state index < -0.39 is 46.9 Å². The lowest BCUT2D eigenvalue weighted by Crippen LogP contribution is -2.50. The van der Waals surface area contributed by atoms with E-state index in [9.17, 15) is 19.2 Å². The fourth-order valence-corrected chi connectivity index (χ4v) is 5.70. The molecule has 3 aromatic carbocycles. The number of hydrogen-bond donors (Lipinski definition) is 0. The summed E-state index contributed by atoms with van der Waals surface area (Å²) in [5, 5.41) is 0. The first-order valence-electron chi connectivity index (χ1n) is 11.8. The molecule has 6 rings (SSSR count). The summed E-state index contributed by atoms with van der Waals surface area (Å²) in [6.07, 6.45) is -0.907. The van der Waals surface area contributed by atoms with Crippen molar-refractivity contribution in [2.24, 2.45) is 11.8 Å². The van der Waals surface area contributed by atoms with Crippen molar-refractivity contribution in [3.05, 3.63) is 101 Å². The molecule has 0 aromatic heterocycles. The number of fused-ring (bicyclic) bond motifs is 3. The lowest BCUT2D eigenvalue weighted by molar-refractivity contribution is -0.145. The van der Waals surface area contributed by atoms with Gasteiger partial charge in [0.25, 0.3) is 0 Å². The number of rotatable bonds is 4. The summed E-state index contributed by atoms with van der Waals surface area (Å²) in [6.45, 7) is 1.96. The van der Waals surface area contributed by atoms with E-state index in [1.807, 2.05) is 31.2 Å². The quantitative estimate of drug-likeness (QED) is 0.417. The Kier molecular flexibility index (Phi) is 4.95. The monoisotopic (exact) mass is 481 g/mol. The molecule has 7 nitrogen and oxygen atoms in total. The molecule has 3 atom stereocenters. The molecule has 2 aliphatic heterocycles. The van der Waals surface area contributed by atoms with Crippen molar-refractivity contribution < 1.29 is 28.7 Å². The third-order valence-electron chi connectivity index (χ3n) is 7.52. The van der Waals surface area contributed by atoms with E-state index in [4.69, 9.17) is 9.47 Å². The van der Waals surface area contributed by atoms with Gasteiger partial charge in [-0.3, -0.25) is 24.1 Å². The molecule has 180 valence electrons. The van der Waals surface area contributed by atoms with Crippen molar-refractivity contribution in [1.29, 1.82) is 0 Å². The molecule has 3 aliphatic rings. The Balaban J connectivity index is 1.45. The number of carbonyl (C=O) groups is 4. The Morgan fingerprint density at radius 1 is 0.833 bits per heavy atom. The molecule has 1 aliphatic carbocycles.